The van der Waals surface area contributed by atoms with Crippen molar-refractivity contribution in [2.24, 2.45) is 4.99 Å². The standard InChI is InChI=1S/C14H22BrN3O2.HI/c1-11(10-19-3)18-14(16-2)17-8-9-20-13-6-4-12(15)5-7-13;/h4-7,11H,8-10H2,1-3H3,(H2,16,17,18);1H. The minimum atomic E-state index is 0. The first-order chi connectivity index (χ1) is 9.65. The first-order valence-electron chi connectivity index (χ1n) is 6.50. The number of methoxy groups -OCH3 is 1. The Hall–Kier alpha value is -0.540. The number of nitrogens with zero attached hydrogens (tertiary/aromatic N) is 1. The van der Waals surface area contributed by atoms with E-state index in [-0.39, 0.29) is 30.0 Å². The maximum absolute atomic E-state index is 5.62. The molecule has 1 unspecified atom stereocenters. The maximum atomic E-state index is 5.62. The minimum absolute atomic E-state index is 0. The van der Waals surface area contributed by atoms with Crippen LogP contribution in [0.1, 0.15) is 6.92 Å². The lowest BCUT2D eigenvalue weighted by atomic mass is 10.3. The number of rotatable bonds is 7. The highest BCUT2D eigenvalue weighted by Crippen LogP contribution is 2.15. The Balaban J connectivity index is 0.00000400. The van der Waals surface area contributed by atoms with E-state index in [4.69, 9.17) is 9.47 Å². The molecule has 0 aliphatic carbocycles. The molecule has 5 nitrogen and oxygen atoms in total. The summed E-state index contributed by atoms with van der Waals surface area (Å²) >= 11 is 3.39. The Bertz CT molecular complexity index is 415. The molecule has 0 aliphatic heterocycles. The highest BCUT2D eigenvalue weighted by molar-refractivity contribution is 14.0. The Kier molecular flexibility index (Phi) is 11.7. The van der Waals surface area contributed by atoms with Crippen LogP contribution in [0.2, 0.25) is 0 Å². The normalized spacial score (nSPS) is 12.3. The molecule has 1 aromatic rings. The first kappa shape index (κ1) is 20.5. The van der Waals surface area contributed by atoms with Gasteiger partial charge in [0.2, 0.25) is 0 Å². The second kappa shape index (κ2) is 12.0. The van der Waals surface area contributed by atoms with Gasteiger partial charge < -0.3 is 20.1 Å². The van der Waals surface area contributed by atoms with E-state index >= 15 is 0 Å². The average Bonchev–Trinajstić information content (AvgIpc) is 2.44. The molecule has 0 aromatic heterocycles. The molecular formula is C14H23BrIN3O2. The highest BCUT2D eigenvalue weighted by atomic mass is 127. The van der Waals surface area contributed by atoms with Crippen molar-refractivity contribution in [2.45, 2.75) is 13.0 Å². The van der Waals surface area contributed by atoms with Crippen molar-refractivity contribution in [3.63, 3.8) is 0 Å². The van der Waals surface area contributed by atoms with E-state index in [2.05, 4.69) is 31.6 Å². The Morgan fingerprint density at radius 2 is 2.00 bits per heavy atom. The van der Waals surface area contributed by atoms with Crippen LogP contribution in [-0.4, -0.2) is 45.9 Å². The fraction of sp³-hybridized carbons (Fsp3) is 0.500. The lowest BCUT2D eigenvalue weighted by Gasteiger charge is -2.17. The third-order valence-electron chi connectivity index (χ3n) is 2.50. The molecule has 0 saturated carbocycles. The quantitative estimate of drug-likeness (QED) is 0.278. The molecule has 0 spiro atoms. The van der Waals surface area contributed by atoms with Gasteiger partial charge in [-0.15, -0.1) is 24.0 Å². The molecular weight excluding hydrogens is 449 g/mol. The molecule has 120 valence electrons. The van der Waals surface area contributed by atoms with Gasteiger partial charge in [0.1, 0.15) is 12.4 Å². The molecule has 2 N–H and O–H groups in total. The van der Waals surface area contributed by atoms with Crippen LogP contribution in [0.15, 0.2) is 33.7 Å². The molecule has 21 heavy (non-hydrogen) atoms. The van der Waals surface area contributed by atoms with Gasteiger partial charge in [0.25, 0.3) is 0 Å². The first-order valence-corrected chi connectivity index (χ1v) is 7.29. The Morgan fingerprint density at radius 1 is 1.33 bits per heavy atom. The summed E-state index contributed by atoms with van der Waals surface area (Å²) in [4.78, 5) is 4.14. The van der Waals surface area contributed by atoms with Gasteiger partial charge in [0.05, 0.1) is 13.2 Å². The van der Waals surface area contributed by atoms with Crippen molar-refractivity contribution >= 4 is 45.9 Å². The number of hydrogen-bond acceptors (Lipinski definition) is 3. The smallest absolute Gasteiger partial charge is 0.191 e. The Morgan fingerprint density at radius 3 is 2.57 bits per heavy atom. The summed E-state index contributed by atoms with van der Waals surface area (Å²) in [6.45, 7) is 3.92. The summed E-state index contributed by atoms with van der Waals surface area (Å²) in [5.41, 5.74) is 0. The third kappa shape index (κ3) is 9.15. The van der Waals surface area contributed by atoms with Gasteiger partial charge in [-0.25, -0.2) is 0 Å². The van der Waals surface area contributed by atoms with Gasteiger partial charge in [0, 0.05) is 24.7 Å². The minimum Gasteiger partial charge on any atom is -0.492 e. The number of ether oxygens (including phenoxy) is 2. The number of halogens is 2. The summed E-state index contributed by atoms with van der Waals surface area (Å²) in [6.07, 6.45) is 0. The van der Waals surface area contributed by atoms with E-state index in [1.165, 1.54) is 0 Å². The van der Waals surface area contributed by atoms with Crippen LogP contribution in [0.4, 0.5) is 0 Å². The summed E-state index contributed by atoms with van der Waals surface area (Å²) in [5, 5.41) is 6.42. The van der Waals surface area contributed by atoms with E-state index < -0.39 is 0 Å². The van der Waals surface area contributed by atoms with Crippen molar-refractivity contribution < 1.29 is 9.47 Å². The van der Waals surface area contributed by atoms with E-state index in [9.17, 15) is 0 Å². The maximum Gasteiger partial charge on any atom is 0.191 e. The van der Waals surface area contributed by atoms with E-state index in [0.717, 1.165) is 16.2 Å². The highest BCUT2D eigenvalue weighted by Gasteiger charge is 2.03. The van der Waals surface area contributed by atoms with Crippen molar-refractivity contribution in [1.29, 1.82) is 0 Å². The van der Waals surface area contributed by atoms with Gasteiger partial charge in [-0.05, 0) is 31.2 Å². The fourth-order valence-electron chi connectivity index (χ4n) is 1.59. The largest absolute Gasteiger partial charge is 0.492 e. The zero-order chi connectivity index (χ0) is 14.8. The topological polar surface area (TPSA) is 54.9 Å². The monoisotopic (exact) mass is 471 g/mol. The van der Waals surface area contributed by atoms with Gasteiger partial charge >= 0.3 is 0 Å². The third-order valence-corrected chi connectivity index (χ3v) is 3.03. The van der Waals surface area contributed by atoms with Gasteiger partial charge in [-0.1, -0.05) is 15.9 Å². The average molecular weight is 472 g/mol. The SMILES string of the molecule is CN=C(NCCOc1ccc(Br)cc1)NC(C)COC.I. The van der Waals surface area contributed by atoms with Crippen molar-refractivity contribution in [1.82, 2.24) is 10.6 Å². The summed E-state index contributed by atoms with van der Waals surface area (Å²) in [5.74, 6) is 1.60. The van der Waals surface area contributed by atoms with Crippen LogP contribution >= 0.6 is 39.9 Å². The van der Waals surface area contributed by atoms with Crippen LogP contribution in [0.25, 0.3) is 0 Å². The van der Waals surface area contributed by atoms with Crippen LogP contribution in [-0.2, 0) is 4.74 Å². The van der Waals surface area contributed by atoms with Gasteiger partial charge in [0.15, 0.2) is 5.96 Å². The molecule has 0 amide bonds. The molecule has 0 aliphatic rings. The molecule has 0 fully saturated rings. The number of nitrogens with one attached hydrogen (secondary N) is 2. The molecule has 0 saturated heterocycles. The number of hydrogen-bond donors (Lipinski definition) is 2. The fourth-order valence-corrected chi connectivity index (χ4v) is 1.85. The number of aliphatic imine (C=N–C) groups is 1. The molecule has 1 rings (SSSR count). The summed E-state index contributed by atoms with van der Waals surface area (Å²) < 4.78 is 11.7. The molecule has 0 bridgehead atoms. The van der Waals surface area contributed by atoms with E-state index in [1.807, 2.05) is 31.2 Å². The zero-order valence-corrected chi connectivity index (χ0v) is 16.5. The lowest BCUT2D eigenvalue weighted by molar-refractivity contribution is 0.179. The summed E-state index contributed by atoms with van der Waals surface area (Å²) in [7, 11) is 3.42. The van der Waals surface area contributed by atoms with Gasteiger partial charge in [-0.3, -0.25) is 4.99 Å². The molecule has 1 aromatic carbocycles. The van der Waals surface area contributed by atoms with Crippen molar-refractivity contribution in [3.8, 4) is 5.75 Å². The predicted molar refractivity (Wildman–Crippen MR) is 101 cm³/mol. The summed E-state index contributed by atoms with van der Waals surface area (Å²) in [6, 6.07) is 7.97. The van der Waals surface area contributed by atoms with Crippen LogP contribution in [0, 0.1) is 0 Å². The van der Waals surface area contributed by atoms with Crippen LogP contribution in [0.5, 0.6) is 5.75 Å². The van der Waals surface area contributed by atoms with Crippen molar-refractivity contribution in [2.75, 3.05) is 33.9 Å². The van der Waals surface area contributed by atoms with Gasteiger partial charge in [-0.2, -0.15) is 0 Å². The lowest BCUT2D eigenvalue weighted by Crippen LogP contribution is -2.45. The van der Waals surface area contributed by atoms with Crippen LogP contribution < -0.4 is 15.4 Å². The molecule has 1 atom stereocenters. The molecule has 0 heterocycles. The zero-order valence-electron chi connectivity index (χ0n) is 12.6. The van der Waals surface area contributed by atoms with E-state index in [1.54, 1.807) is 14.2 Å². The van der Waals surface area contributed by atoms with E-state index in [0.29, 0.717) is 19.8 Å². The molecule has 0 radical (unpaired) electrons. The predicted octanol–water partition coefficient (Wildman–Crippen LogP) is 2.65. The number of guanidine groups is 1. The second-order valence-corrected chi connectivity index (χ2v) is 5.22. The Labute approximate surface area is 152 Å². The second-order valence-electron chi connectivity index (χ2n) is 4.30. The number of benzene rings is 1. The molecule has 7 heteroatoms. The van der Waals surface area contributed by atoms with Crippen molar-refractivity contribution in [3.05, 3.63) is 28.7 Å². The van der Waals surface area contributed by atoms with Crippen LogP contribution in [0.3, 0.4) is 0 Å².